The van der Waals surface area contributed by atoms with E-state index in [1.54, 1.807) is 0 Å². The lowest BCUT2D eigenvalue weighted by Gasteiger charge is -2.09. The highest BCUT2D eigenvalue weighted by molar-refractivity contribution is 7.89. The van der Waals surface area contributed by atoms with Gasteiger partial charge in [-0.25, -0.2) is 13.1 Å². The summed E-state index contributed by atoms with van der Waals surface area (Å²) in [6, 6.07) is 4.16. The van der Waals surface area contributed by atoms with Crippen molar-refractivity contribution in [2.75, 3.05) is 13.1 Å². The van der Waals surface area contributed by atoms with Crippen LogP contribution in [0.5, 0.6) is 0 Å². The Labute approximate surface area is 111 Å². The van der Waals surface area contributed by atoms with Gasteiger partial charge in [-0.05, 0) is 38.1 Å². The third-order valence-corrected chi connectivity index (χ3v) is 4.24. The van der Waals surface area contributed by atoms with Gasteiger partial charge in [0.15, 0.2) is 5.78 Å². The fourth-order valence-corrected chi connectivity index (χ4v) is 2.91. The lowest BCUT2D eigenvalue weighted by molar-refractivity contribution is 0.101. The highest BCUT2D eigenvalue weighted by atomic mass is 35.5. The van der Waals surface area contributed by atoms with Crippen LogP contribution in [-0.4, -0.2) is 27.3 Å². The number of rotatable bonds is 6. The first kappa shape index (κ1) is 15.1. The van der Waals surface area contributed by atoms with Crippen molar-refractivity contribution in [2.45, 2.75) is 18.2 Å². The average molecular weight is 291 g/mol. The Hall–Kier alpha value is -0.950. The van der Waals surface area contributed by atoms with Gasteiger partial charge < -0.3 is 5.73 Å². The number of ketones is 1. The molecule has 0 aliphatic heterocycles. The molecule has 5 nitrogen and oxygen atoms in total. The van der Waals surface area contributed by atoms with Crippen LogP contribution in [0.2, 0.25) is 5.02 Å². The Morgan fingerprint density at radius 2 is 2.11 bits per heavy atom. The summed E-state index contributed by atoms with van der Waals surface area (Å²) in [7, 11) is -3.71. The lowest BCUT2D eigenvalue weighted by atomic mass is 10.1. The van der Waals surface area contributed by atoms with Gasteiger partial charge >= 0.3 is 0 Å². The van der Waals surface area contributed by atoms with Crippen molar-refractivity contribution >= 4 is 27.4 Å². The van der Waals surface area contributed by atoms with E-state index in [2.05, 4.69) is 4.72 Å². The predicted octanol–water partition coefficient (Wildman–Crippen LogP) is 1.17. The zero-order chi connectivity index (χ0) is 13.8. The number of carbonyl (C=O) groups is 1. The minimum Gasteiger partial charge on any atom is -0.330 e. The Bertz CT molecular complexity index is 543. The van der Waals surface area contributed by atoms with Gasteiger partial charge in [-0.15, -0.1) is 0 Å². The highest BCUT2D eigenvalue weighted by Crippen LogP contribution is 2.22. The second-order valence-electron chi connectivity index (χ2n) is 3.74. The third kappa shape index (κ3) is 3.78. The Kier molecular flexibility index (Phi) is 5.28. The van der Waals surface area contributed by atoms with Gasteiger partial charge in [0.05, 0.1) is 5.02 Å². The number of carbonyl (C=O) groups excluding carboxylic acids is 1. The molecule has 0 spiro atoms. The van der Waals surface area contributed by atoms with Crippen LogP contribution in [0, 0.1) is 0 Å². The van der Waals surface area contributed by atoms with E-state index in [0.29, 0.717) is 18.5 Å². The molecule has 0 unspecified atom stereocenters. The van der Waals surface area contributed by atoms with E-state index < -0.39 is 10.0 Å². The molecule has 3 N–H and O–H groups in total. The molecule has 0 heterocycles. The number of hydrogen-bond acceptors (Lipinski definition) is 4. The number of nitrogens with two attached hydrogens (primary N) is 1. The Morgan fingerprint density at radius 1 is 1.44 bits per heavy atom. The maximum atomic E-state index is 12.0. The first-order valence-corrected chi connectivity index (χ1v) is 7.25. The summed E-state index contributed by atoms with van der Waals surface area (Å²) >= 11 is 5.84. The molecule has 0 saturated carbocycles. The molecule has 0 aromatic heterocycles. The van der Waals surface area contributed by atoms with Crippen molar-refractivity contribution in [2.24, 2.45) is 5.73 Å². The number of Topliss-reactive ketones (excluding diaryl/α,β-unsaturated/α-hetero) is 1. The van der Waals surface area contributed by atoms with Crippen molar-refractivity contribution in [3.63, 3.8) is 0 Å². The molecule has 1 aromatic rings. The first-order valence-electron chi connectivity index (χ1n) is 5.38. The van der Waals surface area contributed by atoms with Gasteiger partial charge in [0.25, 0.3) is 0 Å². The summed E-state index contributed by atoms with van der Waals surface area (Å²) < 4.78 is 26.3. The van der Waals surface area contributed by atoms with E-state index in [1.165, 1.54) is 25.1 Å². The standard InChI is InChI=1S/C11H15ClN2O3S/c1-8(15)9-3-4-10(12)11(7-9)18(16,17)14-6-2-5-13/h3-4,7,14H,2,5-6,13H2,1H3. The van der Waals surface area contributed by atoms with Gasteiger partial charge in [0.2, 0.25) is 10.0 Å². The minimum absolute atomic E-state index is 0.0836. The second-order valence-corrected chi connectivity index (χ2v) is 5.88. The van der Waals surface area contributed by atoms with E-state index in [-0.39, 0.29) is 22.2 Å². The van der Waals surface area contributed by atoms with Gasteiger partial charge in [-0.1, -0.05) is 11.6 Å². The van der Waals surface area contributed by atoms with Crippen LogP contribution < -0.4 is 10.5 Å². The zero-order valence-electron chi connectivity index (χ0n) is 9.94. The largest absolute Gasteiger partial charge is 0.330 e. The van der Waals surface area contributed by atoms with Crippen molar-refractivity contribution in [3.05, 3.63) is 28.8 Å². The molecule has 0 aliphatic rings. The van der Waals surface area contributed by atoms with E-state index in [9.17, 15) is 13.2 Å². The molecule has 0 amide bonds. The van der Waals surface area contributed by atoms with E-state index in [1.807, 2.05) is 0 Å². The second kappa shape index (κ2) is 6.29. The van der Waals surface area contributed by atoms with Crippen molar-refractivity contribution in [1.29, 1.82) is 0 Å². The Balaban J connectivity index is 3.07. The van der Waals surface area contributed by atoms with Crippen molar-refractivity contribution < 1.29 is 13.2 Å². The van der Waals surface area contributed by atoms with Crippen LogP contribution in [0.1, 0.15) is 23.7 Å². The SMILES string of the molecule is CC(=O)c1ccc(Cl)c(S(=O)(=O)NCCCN)c1. The molecule has 0 saturated heterocycles. The van der Waals surface area contributed by atoms with Crippen LogP contribution in [0.3, 0.4) is 0 Å². The van der Waals surface area contributed by atoms with Gasteiger partial charge in [-0.2, -0.15) is 0 Å². The summed E-state index contributed by atoms with van der Waals surface area (Å²) in [5, 5.41) is 0.0836. The van der Waals surface area contributed by atoms with Crippen LogP contribution in [0.15, 0.2) is 23.1 Å². The summed E-state index contributed by atoms with van der Waals surface area (Å²) in [6.07, 6.45) is 0.531. The Morgan fingerprint density at radius 3 is 2.67 bits per heavy atom. The quantitative estimate of drug-likeness (QED) is 0.608. The summed E-state index contributed by atoms with van der Waals surface area (Å²) in [6.45, 7) is 1.99. The van der Waals surface area contributed by atoms with E-state index in [0.717, 1.165) is 0 Å². The number of hydrogen-bond donors (Lipinski definition) is 2. The molecular formula is C11H15ClN2O3S. The summed E-state index contributed by atoms with van der Waals surface area (Å²) in [4.78, 5) is 11.1. The molecule has 100 valence electrons. The van der Waals surface area contributed by atoms with Crippen molar-refractivity contribution in [3.8, 4) is 0 Å². The summed E-state index contributed by atoms with van der Waals surface area (Å²) in [5.74, 6) is -0.218. The molecule has 0 fully saturated rings. The molecule has 0 aliphatic carbocycles. The minimum atomic E-state index is -3.71. The molecule has 0 bridgehead atoms. The molecular weight excluding hydrogens is 276 g/mol. The van der Waals surface area contributed by atoms with E-state index >= 15 is 0 Å². The fraction of sp³-hybridized carbons (Fsp3) is 0.364. The third-order valence-electron chi connectivity index (χ3n) is 2.30. The van der Waals surface area contributed by atoms with Crippen LogP contribution in [0.4, 0.5) is 0 Å². The van der Waals surface area contributed by atoms with E-state index in [4.69, 9.17) is 17.3 Å². The average Bonchev–Trinajstić information content (AvgIpc) is 2.29. The molecule has 7 heteroatoms. The maximum Gasteiger partial charge on any atom is 0.242 e. The number of halogens is 1. The summed E-state index contributed by atoms with van der Waals surface area (Å²) in [5.41, 5.74) is 5.59. The van der Waals surface area contributed by atoms with Crippen LogP contribution in [-0.2, 0) is 10.0 Å². The molecule has 18 heavy (non-hydrogen) atoms. The maximum absolute atomic E-state index is 12.0. The van der Waals surface area contributed by atoms with Crippen LogP contribution in [0.25, 0.3) is 0 Å². The number of nitrogens with one attached hydrogen (secondary N) is 1. The monoisotopic (exact) mass is 290 g/mol. The molecule has 0 atom stereocenters. The predicted molar refractivity (Wildman–Crippen MR) is 70.3 cm³/mol. The van der Waals surface area contributed by atoms with Gasteiger partial charge in [0, 0.05) is 12.1 Å². The topological polar surface area (TPSA) is 89.3 Å². The molecule has 1 rings (SSSR count). The molecule has 0 radical (unpaired) electrons. The number of sulfonamides is 1. The van der Waals surface area contributed by atoms with Crippen LogP contribution >= 0.6 is 11.6 Å². The highest BCUT2D eigenvalue weighted by Gasteiger charge is 2.18. The van der Waals surface area contributed by atoms with Crippen molar-refractivity contribution in [1.82, 2.24) is 4.72 Å². The zero-order valence-corrected chi connectivity index (χ0v) is 11.5. The first-order chi connectivity index (χ1) is 8.38. The normalized spacial score (nSPS) is 11.5. The van der Waals surface area contributed by atoms with Gasteiger partial charge in [-0.3, -0.25) is 4.79 Å². The lowest BCUT2D eigenvalue weighted by Crippen LogP contribution is -2.26. The van der Waals surface area contributed by atoms with Gasteiger partial charge in [0.1, 0.15) is 4.90 Å². The molecule has 1 aromatic carbocycles. The smallest absolute Gasteiger partial charge is 0.242 e. The number of benzene rings is 1. The fourth-order valence-electron chi connectivity index (χ4n) is 1.31.